The van der Waals surface area contributed by atoms with Crippen LogP contribution >= 0.6 is 0 Å². The van der Waals surface area contributed by atoms with E-state index >= 15 is 0 Å². The van der Waals surface area contributed by atoms with Gasteiger partial charge in [0.2, 0.25) is 0 Å². The number of hydrogen-bond acceptors (Lipinski definition) is 2. The molecule has 1 aromatic rings. The molecule has 0 saturated heterocycles. The van der Waals surface area contributed by atoms with Crippen molar-refractivity contribution in [2.45, 2.75) is 57.7 Å². The van der Waals surface area contributed by atoms with Gasteiger partial charge in [0, 0.05) is 23.7 Å². The van der Waals surface area contributed by atoms with Gasteiger partial charge in [-0.25, -0.2) is 4.39 Å². The van der Waals surface area contributed by atoms with E-state index in [1.165, 1.54) is 25.7 Å². The summed E-state index contributed by atoms with van der Waals surface area (Å²) in [6, 6.07) is 8.43. The normalized spacial score (nSPS) is 24.9. The Bertz CT molecular complexity index is 419. The molecule has 1 aromatic carbocycles. The summed E-state index contributed by atoms with van der Waals surface area (Å²) in [4.78, 5) is 2.35. The van der Waals surface area contributed by atoms with Gasteiger partial charge in [0.15, 0.2) is 0 Å². The first-order valence-corrected chi connectivity index (χ1v) is 7.83. The van der Waals surface area contributed by atoms with Crippen LogP contribution in [-0.4, -0.2) is 30.6 Å². The molecule has 1 N–H and O–H groups in total. The summed E-state index contributed by atoms with van der Waals surface area (Å²) in [6.45, 7) is 5.30. The van der Waals surface area contributed by atoms with Crippen molar-refractivity contribution in [3.8, 4) is 0 Å². The molecule has 1 aliphatic rings. The maximum absolute atomic E-state index is 13.9. The van der Waals surface area contributed by atoms with E-state index in [4.69, 9.17) is 0 Å². The highest BCUT2D eigenvalue weighted by Gasteiger charge is 2.28. The van der Waals surface area contributed by atoms with Crippen LogP contribution in [0.2, 0.25) is 0 Å². The smallest absolute Gasteiger partial charge is 0.127 e. The largest absolute Gasteiger partial charge is 0.314 e. The molecule has 1 aliphatic carbocycles. The van der Waals surface area contributed by atoms with Gasteiger partial charge >= 0.3 is 0 Å². The van der Waals surface area contributed by atoms with Crippen LogP contribution in [0.4, 0.5) is 4.39 Å². The third-order valence-corrected chi connectivity index (χ3v) is 4.68. The minimum Gasteiger partial charge on any atom is -0.314 e. The van der Waals surface area contributed by atoms with Gasteiger partial charge in [0.1, 0.15) is 5.82 Å². The SMILES string of the molecule is CCNC1CCCC(N(C)C(C)c2ccccc2F)C1. The summed E-state index contributed by atoms with van der Waals surface area (Å²) in [5.74, 6) is -0.0918. The van der Waals surface area contributed by atoms with Crippen LogP contribution in [0, 0.1) is 5.82 Å². The zero-order chi connectivity index (χ0) is 14.5. The molecule has 1 saturated carbocycles. The molecule has 0 aliphatic heterocycles. The topological polar surface area (TPSA) is 15.3 Å². The molecule has 0 heterocycles. The van der Waals surface area contributed by atoms with Crippen LogP contribution in [0.15, 0.2) is 24.3 Å². The lowest BCUT2D eigenvalue weighted by Crippen LogP contribution is -2.43. The number of hydrogen-bond donors (Lipinski definition) is 1. The predicted molar refractivity (Wildman–Crippen MR) is 82.3 cm³/mol. The highest BCUT2D eigenvalue weighted by atomic mass is 19.1. The molecule has 2 rings (SSSR count). The second-order valence-corrected chi connectivity index (χ2v) is 5.94. The summed E-state index contributed by atoms with van der Waals surface area (Å²) >= 11 is 0. The lowest BCUT2D eigenvalue weighted by atomic mass is 9.89. The van der Waals surface area contributed by atoms with Crippen molar-refractivity contribution in [3.05, 3.63) is 35.6 Å². The van der Waals surface area contributed by atoms with Gasteiger partial charge in [-0.3, -0.25) is 4.90 Å². The number of nitrogens with zero attached hydrogens (tertiary/aromatic N) is 1. The molecule has 0 amide bonds. The van der Waals surface area contributed by atoms with E-state index in [9.17, 15) is 4.39 Å². The fourth-order valence-electron chi connectivity index (χ4n) is 3.36. The molecule has 3 unspecified atom stereocenters. The second kappa shape index (κ2) is 7.19. The molecule has 0 spiro atoms. The molecule has 0 bridgehead atoms. The first-order valence-electron chi connectivity index (χ1n) is 7.83. The Balaban J connectivity index is 2.03. The van der Waals surface area contributed by atoms with Crippen LogP contribution < -0.4 is 5.32 Å². The molecule has 3 atom stereocenters. The Kier molecular flexibility index (Phi) is 5.55. The summed E-state index contributed by atoms with van der Waals surface area (Å²) in [5, 5.41) is 3.56. The zero-order valence-corrected chi connectivity index (χ0v) is 12.9. The van der Waals surface area contributed by atoms with Crippen LogP contribution in [0.3, 0.4) is 0 Å². The van der Waals surface area contributed by atoms with Crippen molar-refractivity contribution >= 4 is 0 Å². The van der Waals surface area contributed by atoms with Gasteiger partial charge in [-0.05, 0) is 45.8 Å². The minimum absolute atomic E-state index is 0.0918. The fraction of sp³-hybridized carbons (Fsp3) is 0.647. The van der Waals surface area contributed by atoms with Gasteiger partial charge < -0.3 is 5.32 Å². The van der Waals surface area contributed by atoms with Gasteiger partial charge in [-0.1, -0.05) is 31.5 Å². The second-order valence-electron chi connectivity index (χ2n) is 5.94. The Labute approximate surface area is 122 Å². The Morgan fingerprint density at radius 3 is 2.80 bits per heavy atom. The number of nitrogens with one attached hydrogen (secondary N) is 1. The van der Waals surface area contributed by atoms with Crippen molar-refractivity contribution in [2.75, 3.05) is 13.6 Å². The highest BCUT2D eigenvalue weighted by molar-refractivity contribution is 5.20. The molecular weight excluding hydrogens is 251 g/mol. The molecule has 0 aromatic heterocycles. The van der Waals surface area contributed by atoms with Crippen LogP contribution in [0.25, 0.3) is 0 Å². The third kappa shape index (κ3) is 3.58. The van der Waals surface area contributed by atoms with Crippen molar-refractivity contribution < 1.29 is 4.39 Å². The van der Waals surface area contributed by atoms with E-state index < -0.39 is 0 Å². The fourth-order valence-corrected chi connectivity index (χ4v) is 3.36. The van der Waals surface area contributed by atoms with E-state index in [0.717, 1.165) is 12.1 Å². The Morgan fingerprint density at radius 2 is 2.10 bits per heavy atom. The Hall–Kier alpha value is -0.930. The molecule has 20 heavy (non-hydrogen) atoms. The van der Waals surface area contributed by atoms with Gasteiger partial charge in [-0.2, -0.15) is 0 Å². The highest BCUT2D eigenvalue weighted by Crippen LogP contribution is 2.29. The van der Waals surface area contributed by atoms with E-state index in [1.807, 2.05) is 12.1 Å². The number of benzene rings is 1. The first kappa shape index (κ1) is 15.5. The van der Waals surface area contributed by atoms with Crippen molar-refractivity contribution in [1.29, 1.82) is 0 Å². The molecule has 0 radical (unpaired) electrons. The van der Waals surface area contributed by atoms with Gasteiger partial charge in [0.05, 0.1) is 0 Å². The maximum Gasteiger partial charge on any atom is 0.127 e. The summed E-state index contributed by atoms with van der Waals surface area (Å²) in [5.41, 5.74) is 0.806. The van der Waals surface area contributed by atoms with E-state index in [0.29, 0.717) is 12.1 Å². The molecule has 112 valence electrons. The average molecular weight is 278 g/mol. The lowest BCUT2D eigenvalue weighted by molar-refractivity contribution is 0.129. The predicted octanol–water partition coefficient (Wildman–Crippen LogP) is 3.74. The van der Waals surface area contributed by atoms with Crippen LogP contribution in [0.1, 0.15) is 51.1 Å². The van der Waals surface area contributed by atoms with E-state index in [1.54, 1.807) is 12.1 Å². The van der Waals surface area contributed by atoms with Gasteiger partial charge in [-0.15, -0.1) is 0 Å². The summed E-state index contributed by atoms with van der Waals surface area (Å²) in [7, 11) is 2.14. The van der Waals surface area contributed by atoms with Crippen molar-refractivity contribution in [2.24, 2.45) is 0 Å². The molecule has 1 fully saturated rings. The molecule has 3 heteroatoms. The summed E-state index contributed by atoms with van der Waals surface area (Å²) < 4.78 is 13.9. The standard InChI is InChI=1S/C17H27FN2/c1-4-19-14-8-7-9-15(12-14)20(3)13(2)16-10-5-6-11-17(16)18/h5-6,10-11,13-15,19H,4,7-9,12H2,1-3H3. The third-order valence-electron chi connectivity index (χ3n) is 4.68. The lowest BCUT2D eigenvalue weighted by Gasteiger charge is -2.39. The monoisotopic (exact) mass is 278 g/mol. The average Bonchev–Trinajstić information content (AvgIpc) is 2.47. The van der Waals surface area contributed by atoms with Gasteiger partial charge in [0.25, 0.3) is 0 Å². The summed E-state index contributed by atoms with van der Waals surface area (Å²) in [6.07, 6.45) is 4.92. The van der Waals surface area contributed by atoms with E-state index in [-0.39, 0.29) is 11.9 Å². The van der Waals surface area contributed by atoms with E-state index in [2.05, 4.69) is 31.1 Å². The molecule has 2 nitrogen and oxygen atoms in total. The van der Waals surface area contributed by atoms with Crippen LogP contribution in [0.5, 0.6) is 0 Å². The quantitative estimate of drug-likeness (QED) is 0.882. The minimum atomic E-state index is -0.0918. The van der Waals surface area contributed by atoms with Crippen molar-refractivity contribution in [1.82, 2.24) is 10.2 Å². The number of halogens is 1. The van der Waals surface area contributed by atoms with Crippen molar-refractivity contribution in [3.63, 3.8) is 0 Å². The van der Waals surface area contributed by atoms with Crippen LogP contribution in [-0.2, 0) is 0 Å². The molecular formula is C17H27FN2. The maximum atomic E-state index is 13.9. The zero-order valence-electron chi connectivity index (χ0n) is 12.9. The number of rotatable bonds is 5. The Morgan fingerprint density at radius 1 is 1.35 bits per heavy atom. The first-order chi connectivity index (χ1) is 9.63.